The molecule has 1 saturated carbocycles. The smallest absolute Gasteiger partial charge is 0.0151 e. The van der Waals surface area contributed by atoms with Crippen LogP contribution in [0.25, 0.3) is 0 Å². The molecule has 0 aromatic carbocycles. The van der Waals surface area contributed by atoms with E-state index in [1.165, 1.54) is 19.3 Å². The Kier molecular flexibility index (Phi) is 1.08. The zero-order valence-electron chi connectivity index (χ0n) is 4.91. The van der Waals surface area contributed by atoms with Crippen LogP contribution in [0.3, 0.4) is 0 Å². The number of nitrogens with two attached hydrogens (primary N) is 1. The largest absolute Gasteiger partial charge is 0.325 e. The first-order valence-electron chi connectivity index (χ1n) is 3.06. The van der Waals surface area contributed by atoms with Crippen molar-refractivity contribution in [1.82, 2.24) is 0 Å². The highest BCUT2D eigenvalue weighted by molar-refractivity contribution is 4.90. The maximum Gasteiger partial charge on any atom is 0.0151 e. The second kappa shape index (κ2) is 1.48. The molecule has 0 bridgehead atoms. The fraction of sp³-hybridized carbons (Fsp3) is 1.00. The molecule has 1 aliphatic rings. The molecule has 0 amide bonds. The van der Waals surface area contributed by atoms with Gasteiger partial charge >= 0.3 is 0 Å². The van der Waals surface area contributed by atoms with Crippen molar-refractivity contribution in [3.05, 3.63) is 0 Å². The molecule has 2 N–H and O–H groups in total. The van der Waals surface area contributed by atoms with E-state index >= 15 is 0 Å². The molecule has 0 radical (unpaired) electrons. The molecular weight excluding hydrogens is 86.1 g/mol. The normalized spacial score (nSPS) is 26.6. The zero-order valence-corrected chi connectivity index (χ0v) is 4.91. The Labute approximate surface area is 44.9 Å². The molecular formula is C6H13N. The van der Waals surface area contributed by atoms with E-state index in [0.717, 1.165) is 6.42 Å². The standard InChI is InChI=1S/C6H13N/c1-2-6(7)4-3-5-6/h2-5,7H2,1H3. The van der Waals surface area contributed by atoms with E-state index in [4.69, 9.17) is 5.73 Å². The van der Waals surface area contributed by atoms with Crippen molar-refractivity contribution in [2.24, 2.45) is 5.73 Å². The van der Waals surface area contributed by atoms with Gasteiger partial charge in [-0.25, -0.2) is 0 Å². The third kappa shape index (κ3) is 0.778. The van der Waals surface area contributed by atoms with Crippen LogP contribution in [-0.2, 0) is 0 Å². The Morgan fingerprint density at radius 3 is 2.14 bits per heavy atom. The van der Waals surface area contributed by atoms with Gasteiger partial charge in [0, 0.05) is 5.54 Å². The van der Waals surface area contributed by atoms with Gasteiger partial charge in [0.25, 0.3) is 0 Å². The van der Waals surface area contributed by atoms with Gasteiger partial charge in [-0.15, -0.1) is 0 Å². The summed E-state index contributed by atoms with van der Waals surface area (Å²) in [5.41, 5.74) is 6.07. The van der Waals surface area contributed by atoms with Gasteiger partial charge < -0.3 is 5.73 Å². The van der Waals surface area contributed by atoms with Crippen molar-refractivity contribution in [3.8, 4) is 0 Å². The predicted molar refractivity (Wildman–Crippen MR) is 31.1 cm³/mol. The summed E-state index contributed by atoms with van der Waals surface area (Å²) in [6.45, 7) is 2.17. The molecule has 1 fully saturated rings. The summed E-state index contributed by atoms with van der Waals surface area (Å²) in [6, 6.07) is 0. The van der Waals surface area contributed by atoms with Crippen molar-refractivity contribution >= 4 is 0 Å². The summed E-state index contributed by atoms with van der Waals surface area (Å²) in [7, 11) is 0. The van der Waals surface area contributed by atoms with E-state index < -0.39 is 0 Å². The van der Waals surface area contributed by atoms with Gasteiger partial charge in [-0.3, -0.25) is 0 Å². The Hall–Kier alpha value is -0.0400. The van der Waals surface area contributed by atoms with Crippen molar-refractivity contribution in [3.63, 3.8) is 0 Å². The number of hydrogen-bond acceptors (Lipinski definition) is 1. The van der Waals surface area contributed by atoms with Gasteiger partial charge in [0.15, 0.2) is 0 Å². The topological polar surface area (TPSA) is 26.0 Å². The van der Waals surface area contributed by atoms with Crippen LogP contribution in [0.15, 0.2) is 0 Å². The van der Waals surface area contributed by atoms with E-state index in [0.29, 0.717) is 0 Å². The van der Waals surface area contributed by atoms with Crippen LogP contribution < -0.4 is 5.73 Å². The molecule has 0 aromatic heterocycles. The van der Waals surface area contributed by atoms with Gasteiger partial charge in [-0.1, -0.05) is 6.92 Å². The summed E-state index contributed by atoms with van der Waals surface area (Å²) < 4.78 is 0. The average molecular weight is 99.2 g/mol. The highest BCUT2D eigenvalue weighted by Crippen LogP contribution is 2.31. The molecule has 1 nitrogen and oxygen atoms in total. The summed E-state index contributed by atoms with van der Waals surface area (Å²) in [5, 5.41) is 0. The van der Waals surface area contributed by atoms with Crippen molar-refractivity contribution < 1.29 is 0 Å². The van der Waals surface area contributed by atoms with E-state index in [9.17, 15) is 0 Å². The summed E-state index contributed by atoms with van der Waals surface area (Å²) in [5.74, 6) is 0. The lowest BCUT2D eigenvalue weighted by molar-refractivity contribution is 0.241. The molecule has 0 saturated heterocycles. The van der Waals surface area contributed by atoms with Crippen LogP contribution in [0.5, 0.6) is 0 Å². The molecule has 1 aliphatic carbocycles. The molecule has 0 aromatic rings. The van der Waals surface area contributed by atoms with Crippen LogP contribution >= 0.6 is 0 Å². The summed E-state index contributed by atoms with van der Waals surface area (Å²) >= 11 is 0. The minimum Gasteiger partial charge on any atom is -0.325 e. The van der Waals surface area contributed by atoms with Gasteiger partial charge in [-0.05, 0) is 25.7 Å². The van der Waals surface area contributed by atoms with Gasteiger partial charge in [0.2, 0.25) is 0 Å². The minimum absolute atomic E-state index is 0.264. The van der Waals surface area contributed by atoms with Gasteiger partial charge in [0.05, 0.1) is 0 Å². The number of rotatable bonds is 1. The second-order valence-electron chi connectivity index (χ2n) is 2.57. The van der Waals surface area contributed by atoms with Crippen LogP contribution in [0, 0.1) is 0 Å². The van der Waals surface area contributed by atoms with Crippen molar-refractivity contribution in [2.75, 3.05) is 0 Å². The maximum atomic E-state index is 5.80. The summed E-state index contributed by atoms with van der Waals surface area (Å²) in [4.78, 5) is 0. The Bertz CT molecular complexity index is 59.1. The Morgan fingerprint density at radius 2 is 2.14 bits per heavy atom. The lowest BCUT2D eigenvalue weighted by atomic mass is 9.76. The van der Waals surface area contributed by atoms with Crippen molar-refractivity contribution in [2.45, 2.75) is 38.1 Å². The van der Waals surface area contributed by atoms with E-state index in [1.54, 1.807) is 0 Å². The van der Waals surface area contributed by atoms with E-state index in [1.807, 2.05) is 0 Å². The van der Waals surface area contributed by atoms with Crippen LogP contribution in [0.2, 0.25) is 0 Å². The van der Waals surface area contributed by atoms with Crippen LogP contribution in [0.4, 0.5) is 0 Å². The molecule has 0 atom stereocenters. The molecule has 1 heteroatoms. The van der Waals surface area contributed by atoms with Gasteiger partial charge in [-0.2, -0.15) is 0 Å². The Morgan fingerprint density at radius 1 is 1.57 bits per heavy atom. The van der Waals surface area contributed by atoms with Crippen LogP contribution in [0.1, 0.15) is 32.6 Å². The van der Waals surface area contributed by atoms with E-state index in [2.05, 4.69) is 6.92 Å². The molecule has 0 unspecified atom stereocenters. The minimum atomic E-state index is 0.264. The highest BCUT2D eigenvalue weighted by atomic mass is 14.8. The lowest BCUT2D eigenvalue weighted by Gasteiger charge is -2.36. The first-order valence-corrected chi connectivity index (χ1v) is 3.06. The SMILES string of the molecule is CCC1(N)CCC1. The van der Waals surface area contributed by atoms with E-state index in [-0.39, 0.29) is 5.54 Å². The molecule has 1 rings (SSSR count). The first kappa shape index (κ1) is 5.10. The predicted octanol–water partition coefficient (Wildman–Crippen LogP) is 1.28. The average Bonchev–Trinajstić information content (AvgIpc) is 1.61. The fourth-order valence-corrected chi connectivity index (χ4v) is 0.984. The van der Waals surface area contributed by atoms with Crippen LogP contribution in [-0.4, -0.2) is 5.54 Å². The quantitative estimate of drug-likeness (QED) is 0.526. The third-order valence-corrected chi connectivity index (χ3v) is 2.05. The molecule has 7 heavy (non-hydrogen) atoms. The number of hydrogen-bond donors (Lipinski definition) is 1. The van der Waals surface area contributed by atoms with Gasteiger partial charge in [0.1, 0.15) is 0 Å². The lowest BCUT2D eigenvalue weighted by Crippen LogP contribution is -2.45. The Balaban J connectivity index is 2.29. The third-order valence-electron chi connectivity index (χ3n) is 2.05. The van der Waals surface area contributed by atoms with Crippen molar-refractivity contribution in [1.29, 1.82) is 0 Å². The first-order chi connectivity index (χ1) is 3.27. The highest BCUT2D eigenvalue weighted by Gasteiger charge is 2.29. The maximum absolute atomic E-state index is 5.80. The zero-order chi connectivity index (χ0) is 5.33. The molecule has 0 aliphatic heterocycles. The summed E-state index contributed by atoms with van der Waals surface area (Å²) in [6.07, 6.45) is 5.02. The fourth-order valence-electron chi connectivity index (χ4n) is 0.984. The second-order valence-corrected chi connectivity index (χ2v) is 2.57. The molecule has 0 spiro atoms. The molecule has 0 heterocycles. The monoisotopic (exact) mass is 99.1 g/mol. The molecule has 42 valence electrons.